The Hall–Kier alpha value is -3.83. The zero-order valence-corrected chi connectivity index (χ0v) is 20.9. The lowest BCUT2D eigenvalue weighted by molar-refractivity contribution is -0.119. The van der Waals surface area contributed by atoms with Crippen molar-refractivity contribution < 1.29 is 9.53 Å². The van der Waals surface area contributed by atoms with Gasteiger partial charge in [0.2, 0.25) is 0 Å². The number of morpholine rings is 1. The maximum absolute atomic E-state index is 13.1. The number of hydrogen-bond acceptors (Lipinski definition) is 5. The van der Waals surface area contributed by atoms with Crippen molar-refractivity contribution >= 4 is 11.5 Å². The summed E-state index contributed by atoms with van der Waals surface area (Å²) in [5.41, 5.74) is 8.47. The maximum atomic E-state index is 13.1. The number of aromatic nitrogens is 2. The molecule has 1 atom stereocenters. The van der Waals surface area contributed by atoms with Crippen LogP contribution in [0.2, 0.25) is 0 Å². The fourth-order valence-corrected chi connectivity index (χ4v) is 4.61. The molecule has 1 saturated heterocycles. The van der Waals surface area contributed by atoms with E-state index < -0.39 is 0 Å². The summed E-state index contributed by atoms with van der Waals surface area (Å²) in [6.07, 6.45) is 4.01. The second kappa shape index (κ2) is 10.8. The predicted molar refractivity (Wildman–Crippen MR) is 144 cm³/mol. The molecule has 4 aromatic rings. The standard InChI is InChI=1S/C31H31N3O2/c1-22-19-27(11-13-32-22)25-5-3-24(4-6-25)20-31(35)23(2)30-21-28(12-14-33-30)26-7-9-29(10-8-26)34-15-17-36-18-16-34/h3-14,19,21,23H,15-18,20H2,1-2H3. The third-order valence-corrected chi connectivity index (χ3v) is 6.85. The highest BCUT2D eigenvalue weighted by Gasteiger charge is 2.18. The topological polar surface area (TPSA) is 55.3 Å². The van der Waals surface area contributed by atoms with Gasteiger partial charge in [-0.05, 0) is 78.1 Å². The molecule has 1 aliphatic rings. The van der Waals surface area contributed by atoms with Crippen LogP contribution in [0.15, 0.2) is 85.2 Å². The zero-order chi connectivity index (χ0) is 24.9. The maximum Gasteiger partial charge on any atom is 0.145 e. The quantitative estimate of drug-likeness (QED) is 0.333. The minimum absolute atomic E-state index is 0.162. The highest BCUT2D eigenvalue weighted by molar-refractivity contribution is 5.87. The van der Waals surface area contributed by atoms with Gasteiger partial charge >= 0.3 is 0 Å². The number of rotatable bonds is 7. The van der Waals surface area contributed by atoms with Gasteiger partial charge in [0.1, 0.15) is 5.78 Å². The van der Waals surface area contributed by atoms with E-state index in [1.807, 2.05) is 50.4 Å². The predicted octanol–water partition coefficient (Wildman–Crippen LogP) is 5.87. The monoisotopic (exact) mass is 477 g/mol. The first kappa shape index (κ1) is 23.9. The third-order valence-electron chi connectivity index (χ3n) is 6.85. The molecule has 5 rings (SSSR count). The van der Waals surface area contributed by atoms with Crippen LogP contribution in [0.4, 0.5) is 5.69 Å². The molecule has 0 N–H and O–H groups in total. The van der Waals surface area contributed by atoms with Gasteiger partial charge < -0.3 is 9.64 Å². The van der Waals surface area contributed by atoms with Crippen LogP contribution in [0.5, 0.6) is 0 Å². The Morgan fingerprint density at radius 2 is 1.44 bits per heavy atom. The Kier molecular flexibility index (Phi) is 7.19. The number of pyridine rings is 2. The molecule has 0 aliphatic carbocycles. The van der Waals surface area contributed by atoms with Crippen molar-refractivity contribution in [3.8, 4) is 22.3 Å². The number of ether oxygens (including phenoxy) is 1. The second-order valence-corrected chi connectivity index (χ2v) is 9.36. The minimum atomic E-state index is -0.278. The average Bonchev–Trinajstić information content (AvgIpc) is 2.94. The Morgan fingerprint density at radius 3 is 2.11 bits per heavy atom. The highest BCUT2D eigenvalue weighted by Crippen LogP contribution is 2.27. The van der Waals surface area contributed by atoms with E-state index in [0.29, 0.717) is 6.42 Å². The average molecular weight is 478 g/mol. The first-order valence-electron chi connectivity index (χ1n) is 12.5. The number of ketones is 1. The largest absolute Gasteiger partial charge is 0.378 e. The number of anilines is 1. The fraction of sp³-hybridized carbons (Fsp3) is 0.258. The highest BCUT2D eigenvalue weighted by atomic mass is 16.5. The van der Waals surface area contributed by atoms with Gasteiger partial charge in [-0.25, -0.2) is 0 Å². The summed E-state index contributed by atoms with van der Waals surface area (Å²) >= 11 is 0. The molecular weight excluding hydrogens is 446 g/mol. The van der Waals surface area contributed by atoms with E-state index in [0.717, 1.165) is 65.5 Å². The van der Waals surface area contributed by atoms with Gasteiger partial charge in [0.15, 0.2) is 0 Å². The lowest BCUT2D eigenvalue weighted by Gasteiger charge is -2.28. The van der Waals surface area contributed by atoms with Crippen molar-refractivity contribution in [1.29, 1.82) is 0 Å². The summed E-state index contributed by atoms with van der Waals surface area (Å²) in [5, 5.41) is 0. The van der Waals surface area contributed by atoms with Crippen molar-refractivity contribution in [2.45, 2.75) is 26.2 Å². The van der Waals surface area contributed by atoms with Gasteiger partial charge in [-0.1, -0.05) is 36.4 Å². The van der Waals surface area contributed by atoms with E-state index in [1.165, 1.54) is 5.69 Å². The van der Waals surface area contributed by atoms with E-state index in [9.17, 15) is 4.79 Å². The van der Waals surface area contributed by atoms with Crippen LogP contribution >= 0.6 is 0 Å². The lowest BCUT2D eigenvalue weighted by atomic mass is 9.93. The van der Waals surface area contributed by atoms with Gasteiger partial charge in [0.05, 0.1) is 24.8 Å². The molecule has 0 bridgehead atoms. The Balaban J connectivity index is 1.26. The van der Waals surface area contributed by atoms with Gasteiger partial charge in [-0.3, -0.25) is 14.8 Å². The third kappa shape index (κ3) is 5.52. The number of carbonyl (C=O) groups excluding carboxylic acids is 1. The normalized spacial score (nSPS) is 14.4. The Bertz CT molecular complexity index is 1330. The van der Waals surface area contributed by atoms with Crippen LogP contribution in [0, 0.1) is 6.92 Å². The van der Waals surface area contributed by atoms with E-state index in [1.54, 1.807) is 6.20 Å². The van der Waals surface area contributed by atoms with Gasteiger partial charge in [0.25, 0.3) is 0 Å². The van der Waals surface area contributed by atoms with Crippen molar-refractivity contribution in [3.05, 3.63) is 102 Å². The van der Waals surface area contributed by atoms with Gasteiger partial charge in [-0.2, -0.15) is 0 Å². The molecule has 0 radical (unpaired) electrons. The molecule has 2 aromatic carbocycles. The van der Waals surface area contributed by atoms with Crippen LogP contribution in [0.25, 0.3) is 22.3 Å². The molecule has 1 unspecified atom stereocenters. The molecular formula is C31H31N3O2. The van der Waals surface area contributed by atoms with Crippen LogP contribution < -0.4 is 4.90 Å². The Labute approximate surface area is 212 Å². The first-order chi connectivity index (χ1) is 17.6. The summed E-state index contributed by atoms with van der Waals surface area (Å²) in [7, 11) is 0. The van der Waals surface area contributed by atoms with E-state index in [2.05, 4.69) is 57.3 Å². The fourth-order valence-electron chi connectivity index (χ4n) is 4.61. The van der Waals surface area contributed by atoms with Crippen LogP contribution in [-0.4, -0.2) is 42.1 Å². The SMILES string of the molecule is Cc1cc(-c2ccc(CC(=O)C(C)c3cc(-c4ccc(N5CCOCC5)cc4)ccn3)cc2)ccn1. The molecule has 0 spiro atoms. The molecule has 182 valence electrons. The van der Waals surface area contributed by atoms with Crippen molar-refractivity contribution in [1.82, 2.24) is 9.97 Å². The number of aryl methyl sites for hydroxylation is 1. The number of Topliss-reactive ketones (excluding diaryl/α,β-unsaturated/α-hetero) is 1. The molecule has 5 heteroatoms. The number of benzene rings is 2. The first-order valence-corrected chi connectivity index (χ1v) is 12.5. The van der Waals surface area contributed by atoms with Crippen molar-refractivity contribution in [3.63, 3.8) is 0 Å². The smallest absolute Gasteiger partial charge is 0.145 e. The zero-order valence-electron chi connectivity index (χ0n) is 20.9. The second-order valence-electron chi connectivity index (χ2n) is 9.36. The summed E-state index contributed by atoms with van der Waals surface area (Å²) in [5.74, 6) is -0.116. The van der Waals surface area contributed by atoms with Crippen LogP contribution in [0.3, 0.4) is 0 Å². The van der Waals surface area contributed by atoms with Crippen LogP contribution in [-0.2, 0) is 16.0 Å². The minimum Gasteiger partial charge on any atom is -0.378 e. The summed E-state index contributed by atoms with van der Waals surface area (Å²) in [6, 6.07) is 24.9. The Morgan fingerprint density at radius 1 is 0.833 bits per heavy atom. The van der Waals surface area contributed by atoms with E-state index >= 15 is 0 Å². The number of nitrogens with zero attached hydrogens (tertiary/aromatic N) is 3. The molecule has 36 heavy (non-hydrogen) atoms. The van der Waals surface area contributed by atoms with Crippen LogP contribution in [0.1, 0.15) is 29.8 Å². The lowest BCUT2D eigenvalue weighted by Crippen LogP contribution is -2.36. The van der Waals surface area contributed by atoms with E-state index in [-0.39, 0.29) is 11.7 Å². The number of hydrogen-bond donors (Lipinski definition) is 0. The molecule has 1 aliphatic heterocycles. The molecule has 3 heterocycles. The van der Waals surface area contributed by atoms with Crippen molar-refractivity contribution in [2.75, 3.05) is 31.2 Å². The van der Waals surface area contributed by atoms with E-state index in [4.69, 9.17) is 4.74 Å². The molecule has 1 fully saturated rings. The summed E-state index contributed by atoms with van der Waals surface area (Å²) < 4.78 is 5.46. The number of carbonyl (C=O) groups is 1. The summed E-state index contributed by atoms with van der Waals surface area (Å²) in [6.45, 7) is 7.33. The summed E-state index contributed by atoms with van der Waals surface area (Å²) in [4.78, 5) is 24.3. The molecule has 0 amide bonds. The van der Waals surface area contributed by atoms with Gasteiger partial charge in [-0.15, -0.1) is 0 Å². The molecule has 5 nitrogen and oxygen atoms in total. The van der Waals surface area contributed by atoms with Crippen molar-refractivity contribution in [2.24, 2.45) is 0 Å². The molecule has 0 saturated carbocycles. The van der Waals surface area contributed by atoms with Gasteiger partial charge in [0, 0.05) is 43.3 Å². The molecule has 2 aromatic heterocycles.